The van der Waals surface area contributed by atoms with Crippen LogP contribution in [0.2, 0.25) is 0 Å². The number of hydrogen-bond acceptors (Lipinski definition) is 4. The summed E-state index contributed by atoms with van der Waals surface area (Å²) in [5.74, 6) is 0.220. The van der Waals surface area contributed by atoms with Gasteiger partial charge in [-0.3, -0.25) is 9.59 Å². The largest absolute Gasteiger partial charge is 0.341 e. The number of benzene rings is 2. The standard InChI is InChI=1S/C19H17N5O2/c1-10-12-4-2-3-5-13(12)24-19(26)17(10)18(25)21-11-6-7-14-15(8-11)23-16(9-20)22-14/h2-8H,9,20H2,1H3,(H,21,25)(H,22,23)(H,24,26). The number of anilines is 1. The van der Waals surface area contributed by atoms with Crippen molar-refractivity contribution in [2.75, 3.05) is 5.32 Å². The van der Waals surface area contributed by atoms with Crippen LogP contribution in [0.4, 0.5) is 5.69 Å². The molecule has 0 aliphatic carbocycles. The smallest absolute Gasteiger partial charge is 0.261 e. The number of carbonyl (C=O) groups is 1. The number of nitrogens with one attached hydrogen (secondary N) is 3. The van der Waals surface area contributed by atoms with Crippen molar-refractivity contribution in [1.82, 2.24) is 15.0 Å². The van der Waals surface area contributed by atoms with Crippen molar-refractivity contribution in [2.24, 2.45) is 5.73 Å². The van der Waals surface area contributed by atoms with E-state index in [1.165, 1.54) is 0 Å². The highest BCUT2D eigenvalue weighted by Crippen LogP contribution is 2.20. The summed E-state index contributed by atoms with van der Waals surface area (Å²) in [5, 5.41) is 3.63. The molecule has 5 N–H and O–H groups in total. The number of aromatic amines is 2. The summed E-state index contributed by atoms with van der Waals surface area (Å²) in [6.07, 6.45) is 0. The van der Waals surface area contributed by atoms with Crippen LogP contribution in [-0.2, 0) is 6.54 Å². The Hall–Kier alpha value is -3.45. The number of fused-ring (bicyclic) bond motifs is 2. The van der Waals surface area contributed by atoms with E-state index in [4.69, 9.17) is 5.73 Å². The Bertz CT molecular complexity index is 1210. The van der Waals surface area contributed by atoms with Gasteiger partial charge in [0.15, 0.2) is 0 Å². The van der Waals surface area contributed by atoms with Crippen LogP contribution in [0.3, 0.4) is 0 Å². The molecule has 26 heavy (non-hydrogen) atoms. The second-order valence-corrected chi connectivity index (χ2v) is 6.07. The first-order valence-corrected chi connectivity index (χ1v) is 8.18. The van der Waals surface area contributed by atoms with Crippen LogP contribution < -0.4 is 16.6 Å². The second kappa shape index (κ2) is 6.12. The van der Waals surface area contributed by atoms with E-state index in [2.05, 4.69) is 20.3 Å². The highest BCUT2D eigenvalue weighted by molar-refractivity contribution is 6.07. The van der Waals surface area contributed by atoms with Gasteiger partial charge in [0.25, 0.3) is 11.5 Å². The zero-order valence-electron chi connectivity index (χ0n) is 14.1. The van der Waals surface area contributed by atoms with E-state index in [9.17, 15) is 9.59 Å². The third-order valence-electron chi connectivity index (χ3n) is 4.39. The number of H-pyrrole nitrogens is 2. The van der Waals surface area contributed by atoms with Crippen LogP contribution in [0.25, 0.3) is 21.9 Å². The predicted molar refractivity (Wildman–Crippen MR) is 101 cm³/mol. The average Bonchev–Trinajstić information content (AvgIpc) is 3.04. The Morgan fingerprint density at radius 2 is 1.96 bits per heavy atom. The van der Waals surface area contributed by atoms with E-state index in [0.29, 0.717) is 29.1 Å². The van der Waals surface area contributed by atoms with E-state index in [1.54, 1.807) is 25.1 Å². The molecule has 0 radical (unpaired) electrons. The summed E-state index contributed by atoms with van der Waals surface area (Å²) in [4.78, 5) is 35.3. The Balaban J connectivity index is 1.72. The summed E-state index contributed by atoms with van der Waals surface area (Å²) < 4.78 is 0. The fourth-order valence-electron chi connectivity index (χ4n) is 3.11. The van der Waals surface area contributed by atoms with Crippen molar-refractivity contribution < 1.29 is 4.79 Å². The lowest BCUT2D eigenvalue weighted by atomic mass is 10.0. The summed E-state index contributed by atoms with van der Waals surface area (Å²) >= 11 is 0. The van der Waals surface area contributed by atoms with Crippen LogP contribution >= 0.6 is 0 Å². The fraction of sp³-hybridized carbons (Fsp3) is 0.105. The lowest BCUT2D eigenvalue weighted by molar-refractivity contribution is 0.102. The Labute approximate surface area is 148 Å². The van der Waals surface area contributed by atoms with Gasteiger partial charge in [-0.15, -0.1) is 0 Å². The highest BCUT2D eigenvalue weighted by Gasteiger charge is 2.17. The zero-order valence-corrected chi connectivity index (χ0v) is 14.1. The van der Waals surface area contributed by atoms with Crippen molar-refractivity contribution in [3.63, 3.8) is 0 Å². The molecule has 4 rings (SSSR count). The lowest BCUT2D eigenvalue weighted by Crippen LogP contribution is -2.25. The number of pyridine rings is 1. The third kappa shape index (κ3) is 2.64. The normalized spacial score (nSPS) is 11.2. The molecule has 2 aromatic heterocycles. The minimum Gasteiger partial charge on any atom is -0.341 e. The Morgan fingerprint density at radius 3 is 2.77 bits per heavy atom. The SMILES string of the molecule is Cc1c(C(=O)Nc2ccc3nc(CN)[nH]c3c2)c(=O)[nH]c2ccccc12. The van der Waals surface area contributed by atoms with Crippen LogP contribution in [-0.4, -0.2) is 20.9 Å². The molecule has 0 spiro atoms. The van der Waals surface area contributed by atoms with Crippen molar-refractivity contribution >= 4 is 33.5 Å². The average molecular weight is 347 g/mol. The van der Waals surface area contributed by atoms with E-state index in [1.807, 2.05) is 24.3 Å². The minimum atomic E-state index is -0.451. The lowest BCUT2D eigenvalue weighted by Gasteiger charge is -2.09. The van der Waals surface area contributed by atoms with Gasteiger partial charge in [0.1, 0.15) is 11.4 Å². The first-order chi connectivity index (χ1) is 12.6. The van der Waals surface area contributed by atoms with Gasteiger partial charge in [-0.2, -0.15) is 0 Å². The highest BCUT2D eigenvalue weighted by atomic mass is 16.2. The summed E-state index contributed by atoms with van der Waals surface area (Å²) in [6.45, 7) is 2.08. The van der Waals surface area contributed by atoms with Crippen LogP contribution in [0.1, 0.15) is 21.7 Å². The first kappa shape index (κ1) is 16.0. The number of nitrogens with zero attached hydrogens (tertiary/aromatic N) is 1. The molecule has 2 heterocycles. The molecule has 0 atom stereocenters. The van der Waals surface area contributed by atoms with Gasteiger partial charge in [0.2, 0.25) is 0 Å². The van der Waals surface area contributed by atoms with E-state index < -0.39 is 11.5 Å². The van der Waals surface area contributed by atoms with Gasteiger partial charge in [0.05, 0.1) is 17.6 Å². The van der Waals surface area contributed by atoms with E-state index in [-0.39, 0.29) is 5.56 Å². The molecule has 7 nitrogen and oxygen atoms in total. The predicted octanol–water partition coefficient (Wildman–Crippen LogP) is 2.42. The maximum absolute atomic E-state index is 12.7. The van der Waals surface area contributed by atoms with Gasteiger partial charge < -0.3 is 21.0 Å². The van der Waals surface area contributed by atoms with Crippen LogP contribution in [0.15, 0.2) is 47.3 Å². The molecule has 7 heteroatoms. The number of imidazole rings is 1. The van der Waals surface area contributed by atoms with Gasteiger partial charge >= 0.3 is 0 Å². The van der Waals surface area contributed by atoms with Crippen molar-refractivity contribution in [3.05, 3.63) is 69.8 Å². The van der Waals surface area contributed by atoms with Gasteiger partial charge in [-0.25, -0.2) is 4.98 Å². The number of nitrogens with two attached hydrogens (primary N) is 1. The van der Waals surface area contributed by atoms with E-state index in [0.717, 1.165) is 16.4 Å². The second-order valence-electron chi connectivity index (χ2n) is 6.07. The van der Waals surface area contributed by atoms with Crippen molar-refractivity contribution in [1.29, 1.82) is 0 Å². The molecule has 0 fully saturated rings. The number of rotatable bonds is 3. The topological polar surface area (TPSA) is 117 Å². The molecule has 4 aromatic rings. The van der Waals surface area contributed by atoms with Crippen LogP contribution in [0.5, 0.6) is 0 Å². The van der Waals surface area contributed by atoms with Gasteiger partial charge in [0, 0.05) is 16.6 Å². The Morgan fingerprint density at radius 1 is 1.15 bits per heavy atom. The number of aryl methyl sites for hydroxylation is 1. The molecule has 0 unspecified atom stereocenters. The molecule has 0 aliphatic rings. The molecule has 0 bridgehead atoms. The monoisotopic (exact) mass is 347 g/mol. The first-order valence-electron chi connectivity index (χ1n) is 8.18. The van der Waals surface area contributed by atoms with Crippen molar-refractivity contribution in [3.8, 4) is 0 Å². The minimum absolute atomic E-state index is 0.107. The zero-order chi connectivity index (χ0) is 18.3. The maximum atomic E-state index is 12.7. The molecule has 0 aliphatic heterocycles. The number of para-hydroxylation sites is 1. The molecule has 130 valence electrons. The number of aromatic nitrogens is 3. The fourth-order valence-corrected chi connectivity index (χ4v) is 3.11. The molecule has 1 amide bonds. The van der Waals surface area contributed by atoms with Crippen molar-refractivity contribution in [2.45, 2.75) is 13.5 Å². The number of hydrogen-bond donors (Lipinski definition) is 4. The van der Waals surface area contributed by atoms with E-state index >= 15 is 0 Å². The molecular weight excluding hydrogens is 330 g/mol. The number of amides is 1. The summed E-state index contributed by atoms with van der Waals surface area (Å²) in [6, 6.07) is 12.7. The molecule has 0 saturated heterocycles. The molecular formula is C19H17N5O2. The third-order valence-corrected chi connectivity index (χ3v) is 4.39. The quantitative estimate of drug-likeness (QED) is 0.455. The number of carbonyl (C=O) groups excluding carboxylic acids is 1. The summed E-state index contributed by atoms with van der Waals surface area (Å²) in [7, 11) is 0. The Kier molecular flexibility index (Phi) is 3.78. The van der Waals surface area contributed by atoms with Gasteiger partial charge in [-0.05, 0) is 36.8 Å². The summed E-state index contributed by atoms with van der Waals surface area (Å²) in [5.41, 5.74) is 8.75. The molecule has 2 aromatic carbocycles. The maximum Gasteiger partial charge on any atom is 0.261 e. The molecule has 0 saturated carbocycles. The van der Waals surface area contributed by atoms with Gasteiger partial charge in [-0.1, -0.05) is 18.2 Å². The van der Waals surface area contributed by atoms with Crippen LogP contribution in [0, 0.1) is 6.92 Å².